The van der Waals surface area contributed by atoms with E-state index in [0.717, 1.165) is 10.6 Å². The van der Waals surface area contributed by atoms with Gasteiger partial charge in [-0.15, -0.1) is 23.1 Å². The van der Waals surface area contributed by atoms with Crippen LogP contribution in [0.1, 0.15) is 36.3 Å². The van der Waals surface area contributed by atoms with Crippen molar-refractivity contribution in [2.45, 2.75) is 37.0 Å². The molecule has 31 heavy (non-hydrogen) atoms. The lowest BCUT2D eigenvalue weighted by Crippen LogP contribution is -2.45. The molecule has 0 saturated carbocycles. The Morgan fingerprint density at radius 3 is 2.74 bits per heavy atom. The molecule has 3 rings (SSSR count). The van der Waals surface area contributed by atoms with Crippen molar-refractivity contribution in [1.82, 2.24) is 9.88 Å². The van der Waals surface area contributed by atoms with E-state index in [2.05, 4.69) is 4.98 Å². The maximum Gasteiger partial charge on any atom is 0.339 e. The predicted molar refractivity (Wildman–Crippen MR) is 122 cm³/mol. The van der Waals surface area contributed by atoms with Gasteiger partial charge in [0.05, 0.1) is 28.3 Å². The summed E-state index contributed by atoms with van der Waals surface area (Å²) in [5, 5.41) is 1.96. The van der Waals surface area contributed by atoms with Gasteiger partial charge in [-0.2, -0.15) is 0 Å². The highest BCUT2D eigenvalue weighted by atomic mass is 32.2. The average molecular weight is 483 g/mol. The number of hydrogen-bond acceptors (Lipinski definition) is 8. The van der Waals surface area contributed by atoms with Crippen LogP contribution < -0.4 is 0 Å². The quantitative estimate of drug-likeness (QED) is 0.400. The van der Waals surface area contributed by atoms with Crippen molar-refractivity contribution >= 4 is 44.8 Å². The number of carbonyl (C=O) groups excluding carboxylic acids is 2. The van der Waals surface area contributed by atoms with Crippen molar-refractivity contribution in [2.24, 2.45) is 5.92 Å². The number of hydrogen-bond donors (Lipinski definition) is 0. The van der Waals surface area contributed by atoms with Crippen LogP contribution in [-0.2, 0) is 25.1 Å². The molecule has 1 aliphatic heterocycles. The summed E-state index contributed by atoms with van der Waals surface area (Å²) in [5.74, 6) is -0.0791. The lowest BCUT2D eigenvalue weighted by Gasteiger charge is -2.29. The van der Waals surface area contributed by atoms with Crippen LogP contribution >= 0.6 is 23.1 Å². The second-order valence-corrected chi connectivity index (χ2v) is 11.8. The summed E-state index contributed by atoms with van der Waals surface area (Å²) in [6.07, 6.45) is 0.421. The van der Waals surface area contributed by atoms with Gasteiger partial charge in [0.2, 0.25) is 0 Å². The summed E-state index contributed by atoms with van der Waals surface area (Å²) in [6, 6.07) is 6.74. The molecule has 0 bridgehead atoms. The van der Waals surface area contributed by atoms with Gasteiger partial charge in [-0.05, 0) is 24.5 Å². The Morgan fingerprint density at radius 1 is 1.32 bits per heavy atom. The van der Waals surface area contributed by atoms with Crippen molar-refractivity contribution in [2.75, 3.05) is 24.7 Å². The van der Waals surface area contributed by atoms with Crippen LogP contribution in [0.15, 0.2) is 40.1 Å². The molecule has 1 saturated heterocycles. The molecular formula is C21H26N2O5S3. The Hall–Kier alpha value is -1.91. The monoisotopic (exact) mass is 482 g/mol. The molecule has 1 unspecified atom stereocenters. The third-order valence-electron chi connectivity index (χ3n) is 4.82. The third-order valence-corrected chi connectivity index (χ3v) is 8.32. The van der Waals surface area contributed by atoms with E-state index >= 15 is 0 Å². The van der Waals surface area contributed by atoms with Gasteiger partial charge in [-0.25, -0.2) is 18.2 Å². The molecule has 1 aliphatic rings. The summed E-state index contributed by atoms with van der Waals surface area (Å²) in [5.41, 5.74) is 3.10. The van der Waals surface area contributed by atoms with E-state index < -0.39 is 22.4 Å². The van der Waals surface area contributed by atoms with Crippen LogP contribution in [0.4, 0.5) is 0 Å². The van der Waals surface area contributed by atoms with Crippen LogP contribution in [0, 0.1) is 5.92 Å². The topological polar surface area (TPSA) is 93.6 Å². The molecule has 10 heteroatoms. The molecule has 2 heterocycles. The van der Waals surface area contributed by atoms with Gasteiger partial charge in [0.1, 0.15) is 0 Å². The van der Waals surface area contributed by atoms with Gasteiger partial charge in [-0.1, -0.05) is 26.0 Å². The van der Waals surface area contributed by atoms with Gasteiger partial charge in [-0.3, -0.25) is 4.79 Å². The van der Waals surface area contributed by atoms with Crippen molar-refractivity contribution in [1.29, 1.82) is 0 Å². The fraction of sp³-hybridized carbons (Fsp3) is 0.476. The van der Waals surface area contributed by atoms with E-state index in [1.807, 2.05) is 31.4 Å². The molecule has 1 amide bonds. The zero-order valence-electron chi connectivity index (χ0n) is 17.5. The molecule has 0 spiro atoms. The number of benzene rings is 1. The molecule has 0 radical (unpaired) electrons. The van der Waals surface area contributed by atoms with Gasteiger partial charge < -0.3 is 9.64 Å². The van der Waals surface area contributed by atoms with Crippen molar-refractivity contribution < 1.29 is 22.7 Å². The standard InChI is InChI=1S/C21H26N2O5S3/c1-15(2)9-23(17-7-8-31(26,27)13-17)20(24)10-28-21(25)18-5-3-4-6-19(18)30-12-16-11-29-14-22-16/h3-6,11,14-15,17H,7-10,12-13H2,1-2H3. The van der Waals surface area contributed by atoms with Crippen LogP contribution in [0.2, 0.25) is 0 Å². The Balaban J connectivity index is 1.63. The Labute approximate surface area is 191 Å². The van der Waals surface area contributed by atoms with E-state index in [1.54, 1.807) is 22.5 Å². The number of nitrogens with zero attached hydrogens (tertiary/aromatic N) is 2. The van der Waals surface area contributed by atoms with Crippen LogP contribution in [0.25, 0.3) is 0 Å². The number of thiazole rings is 1. The van der Waals surface area contributed by atoms with Crippen LogP contribution in [-0.4, -0.2) is 60.9 Å². The van der Waals surface area contributed by atoms with Gasteiger partial charge >= 0.3 is 5.97 Å². The van der Waals surface area contributed by atoms with E-state index in [1.165, 1.54) is 23.1 Å². The summed E-state index contributed by atoms with van der Waals surface area (Å²) >= 11 is 3.00. The third kappa shape index (κ3) is 6.78. The first-order valence-electron chi connectivity index (χ1n) is 10.0. The number of esters is 1. The number of aromatic nitrogens is 1. The minimum Gasteiger partial charge on any atom is -0.452 e. The van der Waals surface area contributed by atoms with Gasteiger partial charge in [0.15, 0.2) is 16.4 Å². The van der Waals surface area contributed by atoms with Gasteiger partial charge in [0, 0.05) is 28.6 Å². The summed E-state index contributed by atoms with van der Waals surface area (Å²) < 4.78 is 29.1. The fourth-order valence-electron chi connectivity index (χ4n) is 3.38. The second-order valence-electron chi connectivity index (χ2n) is 7.84. The average Bonchev–Trinajstić information content (AvgIpc) is 3.37. The van der Waals surface area contributed by atoms with Crippen molar-refractivity contribution in [3.63, 3.8) is 0 Å². The van der Waals surface area contributed by atoms with E-state index in [9.17, 15) is 18.0 Å². The molecular weight excluding hydrogens is 456 g/mol. The number of thioether (sulfide) groups is 1. The highest BCUT2D eigenvalue weighted by Crippen LogP contribution is 2.27. The smallest absolute Gasteiger partial charge is 0.339 e. The number of amides is 1. The summed E-state index contributed by atoms with van der Waals surface area (Å²) in [6.45, 7) is 3.95. The van der Waals surface area contributed by atoms with Crippen molar-refractivity contribution in [3.8, 4) is 0 Å². The minimum absolute atomic E-state index is 0.0322. The molecule has 2 aromatic rings. The normalized spacial score (nSPS) is 17.6. The molecule has 1 atom stereocenters. The molecule has 0 aliphatic carbocycles. The number of carbonyl (C=O) groups is 2. The maximum atomic E-state index is 12.8. The van der Waals surface area contributed by atoms with Crippen molar-refractivity contribution in [3.05, 3.63) is 46.4 Å². The summed E-state index contributed by atoms with van der Waals surface area (Å²) in [4.78, 5) is 32.1. The Kier molecular flexibility index (Phi) is 8.12. The first-order chi connectivity index (χ1) is 14.7. The highest BCUT2D eigenvalue weighted by molar-refractivity contribution is 7.98. The molecule has 168 valence electrons. The minimum atomic E-state index is -3.12. The lowest BCUT2D eigenvalue weighted by molar-refractivity contribution is -0.137. The maximum absolute atomic E-state index is 12.8. The Morgan fingerprint density at radius 2 is 2.10 bits per heavy atom. The first-order valence-corrected chi connectivity index (χ1v) is 13.8. The zero-order chi connectivity index (χ0) is 22.4. The largest absolute Gasteiger partial charge is 0.452 e. The Bertz CT molecular complexity index is 1010. The molecule has 7 nitrogen and oxygen atoms in total. The predicted octanol–water partition coefficient (Wildman–Crippen LogP) is 3.26. The molecule has 1 aromatic carbocycles. The fourth-order valence-corrected chi connectivity index (χ4v) is 6.72. The zero-order valence-corrected chi connectivity index (χ0v) is 20.0. The molecule has 0 N–H and O–H groups in total. The first kappa shape index (κ1) is 23.7. The number of ether oxygens (including phenoxy) is 1. The SMILES string of the molecule is CC(C)CN(C(=O)COC(=O)c1ccccc1SCc1cscn1)C1CCS(=O)(=O)C1. The lowest BCUT2D eigenvalue weighted by atomic mass is 10.1. The van der Waals surface area contributed by atoms with E-state index in [4.69, 9.17) is 4.74 Å². The van der Waals surface area contributed by atoms with Gasteiger partial charge in [0.25, 0.3) is 5.91 Å². The molecule has 1 fully saturated rings. The second kappa shape index (κ2) is 10.6. The number of sulfone groups is 1. The summed E-state index contributed by atoms with van der Waals surface area (Å²) in [7, 11) is -3.12. The molecule has 1 aromatic heterocycles. The van der Waals surface area contributed by atoms with Crippen LogP contribution in [0.5, 0.6) is 0 Å². The van der Waals surface area contributed by atoms with E-state index in [0.29, 0.717) is 24.3 Å². The van der Waals surface area contributed by atoms with Crippen LogP contribution in [0.3, 0.4) is 0 Å². The number of rotatable bonds is 9. The highest BCUT2D eigenvalue weighted by Gasteiger charge is 2.35. The van der Waals surface area contributed by atoms with E-state index in [-0.39, 0.29) is 29.4 Å².